The smallest absolute Gasteiger partial charge is 0.180 e. The molecule has 2 nitrogen and oxygen atoms in total. The molecule has 69 heavy (non-hydrogen) atoms. The maximum Gasteiger partial charge on any atom is 0.180 e. The first kappa shape index (κ1) is 40.5. The Kier molecular flexibility index (Phi) is 9.88. The predicted octanol–water partition coefficient (Wildman–Crippen LogP) is 14.3. The second-order valence-corrected chi connectivity index (χ2v) is 21.7. The Morgan fingerprint density at radius 3 is 1.29 bits per heavy atom. The summed E-state index contributed by atoms with van der Waals surface area (Å²) in [7, 11) is -3.06. The molecule has 13 rings (SSSR count). The van der Waals surface area contributed by atoms with Crippen LogP contribution in [0.3, 0.4) is 0 Å². The largest absolute Gasteiger partial charge is 0.309 e. The van der Waals surface area contributed by atoms with Gasteiger partial charge in [-0.05, 0) is 85.5 Å². The zero-order valence-corrected chi connectivity index (χ0v) is 39.0. The number of nitrogens with zero attached hydrogens (tertiary/aromatic N) is 2. The summed E-state index contributed by atoms with van der Waals surface area (Å²) in [5, 5.41) is 10.4. The van der Waals surface area contributed by atoms with Crippen molar-refractivity contribution in [2.45, 2.75) is 0 Å². The van der Waals surface area contributed by atoms with Gasteiger partial charge in [-0.1, -0.05) is 237 Å². The molecule has 2 aromatic heterocycles. The van der Waals surface area contributed by atoms with Crippen LogP contribution in [0.25, 0.3) is 88.4 Å². The third-order valence-electron chi connectivity index (χ3n) is 14.3. The standard InChI is InChI=1S/C66H46N2Si/c1-6-23-47(24-7-1)49-27-20-28-50(45-49)56-38-21-37-55(48-25-8-2-9-26-48)66(56)68-62-44-43-51(67-60-39-18-16-35-57(60)58-36-17-19-40-61(58)67)46-59(62)65-63(68)41-22-42-64(65)69(52-29-10-3-11-30-52,53-31-12-4-13-32-53)54-33-14-5-15-34-54/h1-46H. The molecule has 0 fully saturated rings. The third kappa shape index (κ3) is 6.54. The average molecular weight is 895 g/mol. The van der Waals surface area contributed by atoms with Crippen molar-refractivity contribution >= 4 is 72.4 Å². The molecule has 0 N–H and O–H groups in total. The van der Waals surface area contributed by atoms with E-state index in [1.807, 2.05) is 0 Å². The monoisotopic (exact) mass is 894 g/mol. The SMILES string of the molecule is c1ccc(-c2cccc(-c3cccc(-c4ccccc4)c3-n3c4ccc(-n5c6ccccc6c6ccccc65)cc4c4c([Si](c5ccccc5)(c5ccccc5)c5ccccc5)cccc43)c2)cc1. The lowest BCUT2D eigenvalue weighted by Crippen LogP contribution is -2.74. The van der Waals surface area contributed by atoms with Gasteiger partial charge in [0.1, 0.15) is 0 Å². The first-order chi connectivity index (χ1) is 34.3. The molecule has 0 aliphatic heterocycles. The number of hydrogen-bond donors (Lipinski definition) is 0. The molecule has 0 atom stereocenters. The predicted molar refractivity (Wildman–Crippen MR) is 295 cm³/mol. The molecule has 3 heteroatoms. The Morgan fingerprint density at radius 2 is 0.696 bits per heavy atom. The molecule has 0 spiro atoms. The molecule has 324 valence electrons. The summed E-state index contributed by atoms with van der Waals surface area (Å²) in [6.07, 6.45) is 0. The summed E-state index contributed by atoms with van der Waals surface area (Å²) in [5.41, 5.74) is 14.1. The second-order valence-electron chi connectivity index (χ2n) is 18.0. The number of para-hydroxylation sites is 3. The van der Waals surface area contributed by atoms with Crippen LogP contribution < -0.4 is 20.7 Å². The Hall–Kier alpha value is -8.76. The van der Waals surface area contributed by atoms with Crippen molar-refractivity contribution < 1.29 is 0 Å². The molecule has 0 amide bonds. The number of rotatable bonds is 9. The summed E-state index contributed by atoms with van der Waals surface area (Å²) in [6, 6.07) is 104. The molecule has 0 saturated heterocycles. The van der Waals surface area contributed by atoms with Crippen LogP contribution in [0.4, 0.5) is 0 Å². The summed E-state index contributed by atoms with van der Waals surface area (Å²) >= 11 is 0. The highest BCUT2D eigenvalue weighted by Crippen LogP contribution is 2.43. The van der Waals surface area contributed by atoms with Gasteiger partial charge in [-0.15, -0.1) is 0 Å². The molecule has 0 aliphatic carbocycles. The Labute approximate surface area is 403 Å². The van der Waals surface area contributed by atoms with Gasteiger partial charge in [-0.25, -0.2) is 0 Å². The van der Waals surface area contributed by atoms with Crippen molar-refractivity contribution in [3.8, 4) is 44.8 Å². The van der Waals surface area contributed by atoms with Crippen LogP contribution in [0.15, 0.2) is 279 Å². The molecule has 0 saturated carbocycles. The van der Waals surface area contributed by atoms with Gasteiger partial charge < -0.3 is 9.13 Å². The minimum Gasteiger partial charge on any atom is -0.309 e. The van der Waals surface area contributed by atoms with E-state index < -0.39 is 8.07 Å². The molecular formula is C66H46N2Si. The van der Waals surface area contributed by atoms with E-state index >= 15 is 0 Å². The van der Waals surface area contributed by atoms with Crippen LogP contribution in [0.5, 0.6) is 0 Å². The topological polar surface area (TPSA) is 9.86 Å². The Bertz CT molecular complexity index is 3840. The summed E-state index contributed by atoms with van der Waals surface area (Å²) < 4.78 is 5.06. The molecule has 0 aliphatic rings. The molecule has 0 unspecified atom stereocenters. The molecule has 2 heterocycles. The molecule has 0 bridgehead atoms. The van der Waals surface area contributed by atoms with Gasteiger partial charge in [0.05, 0.1) is 27.8 Å². The zero-order valence-electron chi connectivity index (χ0n) is 38.0. The van der Waals surface area contributed by atoms with Crippen LogP contribution in [-0.2, 0) is 0 Å². The van der Waals surface area contributed by atoms with Crippen LogP contribution >= 0.6 is 0 Å². The van der Waals surface area contributed by atoms with Gasteiger partial charge >= 0.3 is 0 Å². The van der Waals surface area contributed by atoms with E-state index in [1.54, 1.807) is 0 Å². The average Bonchev–Trinajstić information content (AvgIpc) is 3.95. The maximum atomic E-state index is 2.59. The number of hydrogen-bond acceptors (Lipinski definition) is 0. The van der Waals surface area contributed by atoms with Crippen molar-refractivity contribution in [1.82, 2.24) is 9.13 Å². The minimum atomic E-state index is -3.06. The van der Waals surface area contributed by atoms with Gasteiger partial charge in [-0.2, -0.15) is 0 Å². The first-order valence-electron chi connectivity index (χ1n) is 23.8. The quantitative estimate of drug-likeness (QED) is 0.101. The summed E-state index contributed by atoms with van der Waals surface area (Å²) in [6.45, 7) is 0. The van der Waals surface area contributed by atoms with Crippen molar-refractivity contribution in [3.05, 3.63) is 279 Å². The lowest BCUT2D eigenvalue weighted by molar-refractivity contribution is 1.17. The van der Waals surface area contributed by atoms with E-state index in [0.717, 1.165) is 16.9 Å². The van der Waals surface area contributed by atoms with Crippen LogP contribution in [0.1, 0.15) is 0 Å². The van der Waals surface area contributed by atoms with Gasteiger partial charge in [0, 0.05) is 38.4 Å². The van der Waals surface area contributed by atoms with E-state index in [9.17, 15) is 0 Å². The highest BCUT2D eigenvalue weighted by atomic mass is 28.3. The zero-order chi connectivity index (χ0) is 45.7. The Balaban J connectivity index is 1.21. The summed E-state index contributed by atoms with van der Waals surface area (Å²) in [4.78, 5) is 0. The van der Waals surface area contributed by atoms with E-state index in [0.29, 0.717) is 0 Å². The lowest BCUT2D eigenvalue weighted by atomic mass is 9.93. The fourth-order valence-electron chi connectivity index (χ4n) is 11.3. The van der Waals surface area contributed by atoms with Gasteiger partial charge in [0.15, 0.2) is 8.07 Å². The van der Waals surface area contributed by atoms with Crippen molar-refractivity contribution in [3.63, 3.8) is 0 Å². The van der Waals surface area contributed by atoms with Gasteiger partial charge in [0.25, 0.3) is 0 Å². The first-order valence-corrected chi connectivity index (χ1v) is 25.8. The van der Waals surface area contributed by atoms with Crippen molar-refractivity contribution in [1.29, 1.82) is 0 Å². The molecule has 11 aromatic carbocycles. The molecular weight excluding hydrogens is 849 g/mol. The normalized spacial score (nSPS) is 11.8. The number of aromatic nitrogens is 2. The highest BCUT2D eigenvalue weighted by molar-refractivity contribution is 7.20. The Morgan fingerprint density at radius 1 is 0.261 bits per heavy atom. The van der Waals surface area contributed by atoms with E-state index in [1.165, 1.54) is 92.2 Å². The van der Waals surface area contributed by atoms with Crippen LogP contribution in [-0.4, -0.2) is 17.2 Å². The second kappa shape index (κ2) is 16.8. The fourth-order valence-corrected chi connectivity index (χ4v) is 16.3. The number of fused-ring (bicyclic) bond motifs is 6. The minimum absolute atomic E-state index is 1.13. The van der Waals surface area contributed by atoms with Crippen LogP contribution in [0, 0.1) is 0 Å². The third-order valence-corrected chi connectivity index (χ3v) is 19.1. The van der Waals surface area contributed by atoms with E-state index in [2.05, 4.69) is 288 Å². The van der Waals surface area contributed by atoms with Crippen molar-refractivity contribution in [2.24, 2.45) is 0 Å². The molecule has 13 aromatic rings. The summed E-state index contributed by atoms with van der Waals surface area (Å²) in [5.74, 6) is 0. The maximum absolute atomic E-state index is 3.06. The van der Waals surface area contributed by atoms with E-state index in [-0.39, 0.29) is 0 Å². The lowest BCUT2D eigenvalue weighted by Gasteiger charge is -2.35. The van der Waals surface area contributed by atoms with Gasteiger partial charge in [0.2, 0.25) is 0 Å². The molecule has 0 radical (unpaired) electrons. The van der Waals surface area contributed by atoms with E-state index in [4.69, 9.17) is 0 Å². The highest BCUT2D eigenvalue weighted by Gasteiger charge is 2.43. The van der Waals surface area contributed by atoms with Crippen molar-refractivity contribution in [2.75, 3.05) is 0 Å². The fraction of sp³-hybridized carbons (Fsp3) is 0. The number of benzene rings is 11. The van der Waals surface area contributed by atoms with Crippen LogP contribution in [0.2, 0.25) is 0 Å². The van der Waals surface area contributed by atoms with Gasteiger partial charge in [-0.3, -0.25) is 0 Å².